The number of ether oxygens (including phenoxy) is 1. The van der Waals surface area contributed by atoms with Crippen LogP contribution in [0.25, 0.3) is 25.1 Å². The molecule has 1 unspecified atom stereocenters. The average Bonchev–Trinajstić information content (AvgIpc) is 3.13. The van der Waals surface area contributed by atoms with Gasteiger partial charge in [0.15, 0.2) is 14.3 Å². The Morgan fingerprint density at radius 1 is 0.906 bits per heavy atom. The highest BCUT2D eigenvalue weighted by molar-refractivity contribution is 7.50. The highest BCUT2D eigenvalue weighted by Crippen LogP contribution is 2.48. The van der Waals surface area contributed by atoms with Crippen LogP contribution < -0.4 is 0 Å². The fourth-order valence-corrected chi connectivity index (χ4v) is 7.50. The third-order valence-corrected chi connectivity index (χ3v) is 9.07. The van der Waals surface area contributed by atoms with E-state index in [4.69, 9.17) is 4.74 Å². The van der Waals surface area contributed by atoms with E-state index in [0.717, 1.165) is 19.3 Å². The fourth-order valence-electron chi connectivity index (χ4n) is 5.12. The maximum absolute atomic E-state index is 13.0. The van der Waals surface area contributed by atoms with Crippen LogP contribution in [-0.4, -0.2) is 11.6 Å². The van der Waals surface area contributed by atoms with Crippen molar-refractivity contribution in [3.63, 3.8) is 0 Å². The van der Waals surface area contributed by atoms with Gasteiger partial charge in [-0.2, -0.15) is 0 Å². The van der Waals surface area contributed by atoms with Gasteiger partial charge in [0.1, 0.15) is 5.60 Å². The summed E-state index contributed by atoms with van der Waals surface area (Å²) in [5.41, 5.74) is 1.44. The van der Waals surface area contributed by atoms with E-state index in [-0.39, 0.29) is 22.4 Å². The van der Waals surface area contributed by atoms with E-state index in [0.29, 0.717) is 5.56 Å². The second-order valence-corrected chi connectivity index (χ2v) is 11.2. The zero-order valence-electron chi connectivity index (χ0n) is 18.9. The number of esters is 1. The predicted molar refractivity (Wildman–Crippen MR) is 136 cm³/mol. The molecule has 2 nitrogen and oxygen atoms in total. The van der Waals surface area contributed by atoms with Crippen LogP contribution in [0, 0.1) is 5.92 Å². The fraction of sp³-hybridized carbons (Fsp3) is 0.276. The monoisotopic (exact) mass is 441 g/mol. The van der Waals surface area contributed by atoms with Crippen LogP contribution in [0.15, 0.2) is 84.4 Å². The molecule has 0 aliphatic heterocycles. The molecule has 0 bridgehead atoms. The zero-order chi connectivity index (χ0) is 22.3. The number of carbonyl (C=O) groups is 1. The van der Waals surface area contributed by atoms with Crippen molar-refractivity contribution in [2.45, 2.75) is 45.6 Å². The third kappa shape index (κ3) is 3.65. The van der Waals surface area contributed by atoms with E-state index < -0.39 is 5.60 Å². The van der Waals surface area contributed by atoms with Gasteiger partial charge in [-0.25, -0.2) is 4.79 Å². The topological polar surface area (TPSA) is 26.3 Å². The summed E-state index contributed by atoms with van der Waals surface area (Å²) in [6, 6.07) is 25.3. The first kappa shape index (κ1) is 21.0. The summed E-state index contributed by atoms with van der Waals surface area (Å²) < 4.78 is 8.74. The van der Waals surface area contributed by atoms with Crippen LogP contribution in [0.2, 0.25) is 0 Å². The van der Waals surface area contributed by atoms with E-state index in [9.17, 15) is 4.79 Å². The number of carbonyl (C=O) groups excluding carboxylic acids is 1. The minimum Gasteiger partial charge on any atom is -0.455 e. The molecule has 5 rings (SSSR count). The van der Waals surface area contributed by atoms with E-state index in [1.54, 1.807) is 0 Å². The number of fused-ring (bicyclic) bond motifs is 3. The maximum atomic E-state index is 13.0. The molecule has 0 N–H and O–H groups in total. The quantitative estimate of drug-likeness (QED) is 0.180. The lowest BCUT2D eigenvalue weighted by molar-refractivity contribution is -0.0249. The first-order valence-corrected chi connectivity index (χ1v) is 12.6. The van der Waals surface area contributed by atoms with Gasteiger partial charge in [-0.05, 0) is 88.6 Å². The second kappa shape index (κ2) is 8.22. The van der Waals surface area contributed by atoms with Crippen molar-refractivity contribution < 1.29 is 9.53 Å². The molecule has 0 amide bonds. The minimum atomic E-state index is -0.512. The van der Waals surface area contributed by atoms with Gasteiger partial charge in [0, 0.05) is 27.2 Å². The molecule has 3 aromatic carbocycles. The SMILES string of the molecule is CC1=CCCCC1C(C)(C)OC(=O)c1ccc(-[s+]2c3ccccc3c3ccccc32)cc1. The molecular formula is C29H29O2S+. The first-order chi connectivity index (χ1) is 15.5. The molecule has 0 radical (unpaired) electrons. The molecule has 4 aromatic rings. The van der Waals surface area contributed by atoms with Crippen molar-refractivity contribution in [3.8, 4) is 4.90 Å². The van der Waals surface area contributed by atoms with E-state index in [1.807, 2.05) is 26.0 Å². The van der Waals surface area contributed by atoms with E-state index >= 15 is 0 Å². The van der Waals surface area contributed by atoms with Gasteiger partial charge in [-0.15, -0.1) is 0 Å². The number of thiophene rings is 1. The minimum absolute atomic E-state index is 0.149. The highest BCUT2D eigenvalue weighted by Gasteiger charge is 2.35. The molecule has 1 aromatic heterocycles. The summed E-state index contributed by atoms with van der Waals surface area (Å²) >= 11 is 0. The molecule has 1 aliphatic carbocycles. The lowest BCUT2D eigenvalue weighted by Crippen LogP contribution is -2.38. The summed E-state index contributed by atoms with van der Waals surface area (Å²) in [5, 5.41) is 2.63. The Kier molecular flexibility index (Phi) is 5.38. The van der Waals surface area contributed by atoms with Crippen LogP contribution >= 0.6 is 10.5 Å². The lowest BCUT2D eigenvalue weighted by atomic mass is 9.78. The Balaban J connectivity index is 1.45. The Labute approximate surface area is 192 Å². The Morgan fingerprint density at radius 2 is 1.50 bits per heavy atom. The normalized spacial score (nSPS) is 16.8. The molecule has 1 aliphatic rings. The van der Waals surface area contributed by atoms with E-state index in [1.165, 1.54) is 30.6 Å². The van der Waals surface area contributed by atoms with Crippen molar-refractivity contribution in [1.82, 2.24) is 0 Å². The number of hydrogen-bond acceptors (Lipinski definition) is 2. The van der Waals surface area contributed by atoms with Gasteiger partial charge in [0.2, 0.25) is 0 Å². The van der Waals surface area contributed by atoms with Crippen molar-refractivity contribution in [1.29, 1.82) is 0 Å². The molecule has 1 heterocycles. The molecule has 1 atom stereocenters. The second-order valence-electron chi connectivity index (χ2n) is 9.25. The number of hydrogen-bond donors (Lipinski definition) is 0. The smallest absolute Gasteiger partial charge is 0.338 e. The standard InChI is InChI=1S/C29H29O2S/c1-20-10-4-7-13-25(20)29(2,3)31-28(30)21-16-18-22(19-17-21)32-26-14-8-5-11-23(26)24-12-6-9-15-27(24)32/h5-6,8-12,14-19,25H,4,7,13H2,1-3H3/q+1. The average molecular weight is 442 g/mol. The Hall–Kier alpha value is -2.91. The van der Waals surface area contributed by atoms with Crippen molar-refractivity contribution in [3.05, 3.63) is 90.0 Å². The Morgan fingerprint density at radius 3 is 2.09 bits per heavy atom. The van der Waals surface area contributed by atoms with Crippen molar-refractivity contribution in [2.75, 3.05) is 0 Å². The van der Waals surface area contributed by atoms with Gasteiger partial charge >= 0.3 is 5.97 Å². The predicted octanol–water partition coefficient (Wildman–Crippen LogP) is 8.41. The summed E-state index contributed by atoms with van der Waals surface area (Å²) in [7, 11) is -0.149. The number of allylic oxidation sites excluding steroid dienone is 1. The van der Waals surface area contributed by atoms with E-state index in [2.05, 4.69) is 73.7 Å². The molecule has 162 valence electrons. The summed E-state index contributed by atoms with van der Waals surface area (Å²) in [5.74, 6) is 0.0444. The van der Waals surface area contributed by atoms with Crippen LogP contribution in [0.3, 0.4) is 0 Å². The third-order valence-electron chi connectivity index (χ3n) is 6.74. The van der Waals surface area contributed by atoms with Gasteiger partial charge in [0.25, 0.3) is 0 Å². The van der Waals surface area contributed by atoms with Gasteiger partial charge in [-0.1, -0.05) is 35.9 Å². The molecule has 0 spiro atoms. The van der Waals surface area contributed by atoms with Crippen LogP contribution in [0.1, 0.15) is 50.4 Å². The van der Waals surface area contributed by atoms with Crippen LogP contribution in [0.4, 0.5) is 0 Å². The van der Waals surface area contributed by atoms with Crippen LogP contribution in [-0.2, 0) is 4.74 Å². The van der Waals surface area contributed by atoms with Gasteiger partial charge < -0.3 is 4.74 Å². The molecular weight excluding hydrogens is 412 g/mol. The Bertz CT molecular complexity index is 1270. The molecule has 0 saturated carbocycles. The van der Waals surface area contributed by atoms with Crippen LogP contribution in [0.5, 0.6) is 0 Å². The van der Waals surface area contributed by atoms with Crippen molar-refractivity contribution in [2.24, 2.45) is 5.92 Å². The largest absolute Gasteiger partial charge is 0.455 e. The zero-order valence-corrected chi connectivity index (χ0v) is 19.7. The summed E-state index contributed by atoms with van der Waals surface area (Å²) in [4.78, 5) is 14.2. The maximum Gasteiger partial charge on any atom is 0.338 e. The number of rotatable bonds is 4. The molecule has 32 heavy (non-hydrogen) atoms. The summed E-state index contributed by atoms with van der Waals surface area (Å²) in [6.07, 6.45) is 5.64. The first-order valence-electron chi connectivity index (χ1n) is 11.4. The van der Waals surface area contributed by atoms with Gasteiger partial charge in [-0.3, -0.25) is 0 Å². The molecule has 0 saturated heterocycles. The summed E-state index contributed by atoms with van der Waals surface area (Å²) in [6.45, 7) is 6.24. The van der Waals surface area contributed by atoms with Crippen molar-refractivity contribution >= 4 is 36.6 Å². The molecule has 0 fully saturated rings. The lowest BCUT2D eigenvalue weighted by Gasteiger charge is -2.36. The molecule has 3 heteroatoms. The number of benzene rings is 3. The highest BCUT2D eigenvalue weighted by atomic mass is 32.2. The van der Waals surface area contributed by atoms with Gasteiger partial charge in [0.05, 0.1) is 5.56 Å².